The predicted octanol–water partition coefficient (Wildman–Crippen LogP) is 2.79. The van der Waals surface area contributed by atoms with Gasteiger partial charge >= 0.3 is 0 Å². The van der Waals surface area contributed by atoms with Crippen LogP contribution in [0.4, 0.5) is 11.4 Å². The topological polar surface area (TPSA) is 62.4 Å². The summed E-state index contributed by atoms with van der Waals surface area (Å²) in [4.78, 5) is 6.82. The fourth-order valence-electron chi connectivity index (χ4n) is 2.81. The maximum Gasteiger partial charge on any atom is 0.0956 e. The number of anilines is 2. The molecule has 2 heterocycles. The Kier molecular flexibility index (Phi) is 3.56. The summed E-state index contributed by atoms with van der Waals surface area (Å²) in [6.45, 7) is 3.78. The third-order valence-corrected chi connectivity index (χ3v) is 4.46. The van der Waals surface area contributed by atoms with Crippen molar-refractivity contribution in [3.63, 3.8) is 0 Å². The van der Waals surface area contributed by atoms with Crippen LogP contribution in [0.5, 0.6) is 0 Å². The van der Waals surface area contributed by atoms with E-state index in [1.54, 1.807) is 6.20 Å². The lowest BCUT2D eigenvalue weighted by Crippen LogP contribution is -2.42. The monoisotopic (exact) mass is 335 g/mol. The van der Waals surface area contributed by atoms with Gasteiger partial charge in [0.05, 0.1) is 17.3 Å². The second-order valence-electron chi connectivity index (χ2n) is 5.50. The molecular weight excluding hydrogens is 318 g/mol. The highest BCUT2D eigenvalue weighted by Gasteiger charge is 2.25. The molecule has 20 heavy (non-hydrogen) atoms. The van der Waals surface area contributed by atoms with Crippen molar-refractivity contribution in [2.75, 3.05) is 23.7 Å². The van der Waals surface area contributed by atoms with Gasteiger partial charge in [-0.25, -0.2) is 0 Å². The summed E-state index contributed by atoms with van der Waals surface area (Å²) in [5.41, 5.74) is 8.82. The molecule has 4 nitrogen and oxygen atoms in total. The molecule has 0 bridgehead atoms. The number of hydrogen-bond acceptors (Lipinski definition) is 4. The second-order valence-corrected chi connectivity index (χ2v) is 6.42. The molecule has 2 unspecified atom stereocenters. The van der Waals surface area contributed by atoms with Crippen molar-refractivity contribution in [3.05, 3.63) is 28.9 Å². The van der Waals surface area contributed by atoms with E-state index in [-0.39, 0.29) is 12.0 Å². The zero-order valence-electron chi connectivity index (χ0n) is 11.4. The molecule has 2 atom stereocenters. The van der Waals surface area contributed by atoms with Crippen LogP contribution >= 0.6 is 15.9 Å². The molecule has 1 aliphatic rings. The van der Waals surface area contributed by atoms with Gasteiger partial charge in [-0.1, -0.05) is 6.92 Å². The van der Waals surface area contributed by atoms with E-state index in [4.69, 9.17) is 5.73 Å². The number of hydrogen-bond donors (Lipinski definition) is 2. The molecule has 1 aliphatic heterocycles. The Morgan fingerprint density at radius 1 is 1.45 bits per heavy atom. The molecule has 106 valence electrons. The van der Waals surface area contributed by atoms with Gasteiger partial charge in [-0.2, -0.15) is 0 Å². The van der Waals surface area contributed by atoms with Crippen molar-refractivity contribution < 1.29 is 5.11 Å². The third kappa shape index (κ3) is 2.36. The van der Waals surface area contributed by atoms with Crippen LogP contribution in [0, 0.1) is 5.92 Å². The van der Waals surface area contributed by atoms with Crippen molar-refractivity contribution in [1.82, 2.24) is 4.98 Å². The minimum Gasteiger partial charge on any atom is -0.398 e. The van der Waals surface area contributed by atoms with Crippen LogP contribution in [0.1, 0.15) is 13.3 Å². The molecule has 1 aromatic carbocycles. The fourth-order valence-corrected chi connectivity index (χ4v) is 3.14. The molecular formula is C15H18BrN3O. The first-order chi connectivity index (χ1) is 9.56. The Labute approximate surface area is 126 Å². The first kappa shape index (κ1) is 13.6. The van der Waals surface area contributed by atoms with Gasteiger partial charge in [0, 0.05) is 34.8 Å². The van der Waals surface area contributed by atoms with E-state index < -0.39 is 0 Å². The quantitative estimate of drug-likeness (QED) is 0.786. The Morgan fingerprint density at radius 2 is 2.25 bits per heavy atom. The Morgan fingerprint density at radius 3 is 3.00 bits per heavy atom. The highest BCUT2D eigenvalue weighted by Crippen LogP contribution is 2.33. The minimum absolute atomic E-state index is 0.201. The molecule has 0 spiro atoms. The van der Waals surface area contributed by atoms with Gasteiger partial charge in [-0.3, -0.25) is 4.98 Å². The zero-order valence-corrected chi connectivity index (χ0v) is 13.0. The summed E-state index contributed by atoms with van der Waals surface area (Å²) in [5, 5.41) is 10.8. The molecule has 0 aliphatic carbocycles. The molecule has 0 saturated carbocycles. The average Bonchev–Trinajstić information content (AvgIpc) is 2.43. The highest BCUT2D eigenvalue weighted by atomic mass is 79.9. The number of aliphatic hydroxyl groups excluding tert-OH is 1. The van der Waals surface area contributed by atoms with E-state index in [1.807, 2.05) is 18.2 Å². The van der Waals surface area contributed by atoms with Crippen LogP contribution in [0.2, 0.25) is 0 Å². The lowest BCUT2D eigenvalue weighted by atomic mass is 9.96. The zero-order chi connectivity index (χ0) is 14.3. The van der Waals surface area contributed by atoms with E-state index in [1.165, 1.54) is 0 Å². The molecule has 0 radical (unpaired) electrons. The van der Waals surface area contributed by atoms with E-state index in [0.717, 1.165) is 46.3 Å². The molecule has 0 amide bonds. The van der Waals surface area contributed by atoms with Gasteiger partial charge in [-0.15, -0.1) is 0 Å². The van der Waals surface area contributed by atoms with Crippen molar-refractivity contribution in [2.45, 2.75) is 19.4 Å². The molecule has 1 saturated heterocycles. The van der Waals surface area contributed by atoms with Crippen molar-refractivity contribution in [2.24, 2.45) is 5.92 Å². The minimum atomic E-state index is -0.201. The number of benzene rings is 1. The summed E-state index contributed by atoms with van der Waals surface area (Å²) >= 11 is 3.44. The number of nitrogens with two attached hydrogens (primary N) is 1. The standard InChI is InChI=1S/C15H18BrN3O/c1-9-8-19(5-4-14(9)20)13-3-2-12(17)11-6-10(16)7-18-15(11)13/h2-3,6-7,9,14,20H,4-5,8,17H2,1H3. The fraction of sp³-hybridized carbons (Fsp3) is 0.400. The van der Waals surface area contributed by atoms with Crippen LogP contribution in [-0.4, -0.2) is 29.3 Å². The number of nitrogens with zero attached hydrogens (tertiary/aromatic N) is 2. The van der Waals surface area contributed by atoms with E-state index in [2.05, 4.69) is 32.7 Å². The van der Waals surface area contributed by atoms with Crippen molar-refractivity contribution >= 4 is 38.2 Å². The Hall–Kier alpha value is -1.33. The molecule has 1 fully saturated rings. The summed E-state index contributed by atoms with van der Waals surface area (Å²) < 4.78 is 0.927. The summed E-state index contributed by atoms with van der Waals surface area (Å²) in [6.07, 6.45) is 2.39. The average molecular weight is 336 g/mol. The number of fused-ring (bicyclic) bond motifs is 1. The van der Waals surface area contributed by atoms with Crippen molar-refractivity contribution in [3.8, 4) is 0 Å². The van der Waals surface area contributed by atoms with Gasteiger partial charge in [0.1, 0.15) is 0 Å². The first-order valence-electron chi connectivity index (χ1n) is 6.83. The van der Waals surface area contributed by atoms with Crippen LogP contribution < -0.4 is 10.6 Å². The number of piperidine rings is 1. The van der Waals surface area contributed by atoms with Crippen LogP contribution in [0.15, 0.2) is 28.9 Å². The maximum atomic E-state index is 9.87. The number of pyridine rings is 1. The molecule has 2 aromatic rings. The summed E-state index contributed by atoms with van der Waals surface area (Å²) in [5.74, 6) is 0.270. The number of rotatable bonds is 1. The van der Waals surface area contributed by atoms with E-state index >= 15 is 0 Å². The van der Waals surface area contributed by atoms with Crippen molar-refractivity contribution in [1.29, 1.82) is 0 Å². The highest BCUT2D eigenvalue weighted by molar-refractivity contribution is 9.10. The number of halogens is 1. The lowest BCUT2D eigenvalue weighted by molar-refractivity contribution is 0.0971. The largest absolute Gasteiger partial charge is 0.398 e. The van der Waals surface area contributed by atoms with Crippen LogP contribution in [0.25, 0.3) is 10.9 Å². The molecule has 3 rings (SSSR count). The first-order valence-corrected chi connectivity index (χ1v) is 7.62. The Balaban J connectivity index is 2.06. The second kappa shape index (κ2) is 5.22. The number of nitrogen functional groups attached to an aromatic ring is 1. The normalized spacial score (nSPS) is 23.2. The third-order valence-electron chi connectivity index (χ3n) is 4.03. The summed E-state index contributed by atoms with van der Waals surface area (Å²) in [6, 6.07) is 5.97. The smallest absolute Gasteiger partial charge is 0.0956 e. The van der Waals surface area contributed by atoms with E-state index in [0.29, 0.717) is 0 Å². The van der Waals surface area contributed by atoms with Gasteiger partial charge in [0.15, 0.2) is 0 Å². The van der Waals surface area contributed by atoms with Crippen LogP contribution in [0.3, 0.4) is 0 Å². The van der Waals surface area contributed by atoms with Gasteiger partial charge in [0.25, 0.3) is 0 Å². The predicted molar refractivity (Wildman–Crippen MR) is 85.9 cm³/mol. The van der Waals surface area contributed by atoms with Gasteiger partial charge in [0.2, 0.25) is 0 Å². The number of aliphatic hydroxyl groups is 1. The van der Waals surface area contributed by atoms with Gasteiger partial charge < -0.3 is 15.7 Å². The molecule has 3 N–H and O–H groups in total. The molecule has 5 heteroatoms. The lowest BCUT2D eigenvalue weighted by Gasteiger charge is -2.36. The van der Waals surface area contributed by atoms with Crippen LogP contribution in [-0.2, 0) is 0 Å². The maximum absolute atomic E-state index is 9.87. The summed E-state index contributed by atoms with van der Waals surface area (Å²) in [7, 11) is 0. The molecule has 1 aromatic heterocycles. The SMILES string of the molecule is CC1CN(c2ccc(N)c3cc(Br)cnc23)CCC1O. The van der Waals surface area contributed by atoms with Gasteiger partial charge in [-0.05, 0) is 46.5 Å². The number of aromatic nitrogens is 1. The Bertz CT molecular complexity index is 646. The van der Waals surface area contributed by atoms with E-state index in [9.17, 15) is 5.11 Å².